The Kier molecular flexibility index (Phi) is 7.28. The highest BCUT2D eigenvalue weighted by Crippen LogP contribution is 2.38. The molecule has 0 aromatic heterocycles. The first-order valence-electron chi connectivity index (χ1n) is 13.4. The first kappa shape index (κ1) is 25.0. The molecule has 2 nitrogen and oxygen atoms in total. The van der Waals surface area contributed by atoms with Crippen LogP contribution in [-0.2, 0) is 0 Å². The van der Waals surface area contributed by atoms with E-state index in [4.69, 9.17) is 4.74 Å². The molecule has 0 unspecified atom stereocenters. The van der Waals surface area contributed by atoms with E-state index >= 15 is 0 Å². The maximum atomic E-state index is 13.2. The summed E-state index contributed by atoms with van der Waals surface area (Å²) in [6, 6.07) is 30.0. The zero-order valence-corrected chi connectivity index (χ0v) is 22.1. The molecule has 0 atom stereocenters. The molecule has 1 saturated carbocycles. The van der Waals surface area contributed by atoms with Gasteiger partial charge in [0.15, 0.2) is 5.78 Å². The Balaban J connectivity index is 1.29. The molecular weight excluding hydrogens is 452 g/mol. The first-order chi connectivity index (χ1) is 17.9. The number of ketones is 1. The summed E-state index contributed by atoms with van der Waals surface area (Å²) in [6.45, 7) is 7.06. The summed E-state index contributed by atoms with van der Waals surface area (Å²) in [5.41, 5.74) is 4.05. The lowest BCUT2D eigenvalue weighted by atomic mass is 9.72. The molecule has 1 fully saturated rings. The van der Waals surface area contributed by atoms with Crippen molar-refractivity contribution in [1.82, 2.24) is 0 Å². The Morgan fingerprint density at radius 3 is 2.05 bits per heavy atom. The van der Waals surface area contributed by atoms with E-state index in [1.54, 1.807) is 0 Å². The first-order valence-corrected chi connectivity index (χ1v) is 13.4. The Hall–Kier alpha value is -3.65. The third-order valence-corrected chi connectivity index (χ3v) is 7.78. The average Bonchev–Trinajstić information content (AvgIpc) is 2.92. The number of carbonyl (C=O) groups excluding carboxylic acids is 1. The van der Waals surface area contributed by atoms with E-state index in [0.717, 1.165) is 52.0 Å². The maximum Gasteiger partial charge on any atom is 0.193 e. The molecule has 4 aromatic carbocycles. The van der Waals surface area contributed by atoms with Crippen LogP contribution in [0.4, 0.5) is 0 Å². The van der Waals surface area contributed by atoms with Crippen LogP contribution < -0.4 is 4.74 Å². The van der Waals surface area contributed by atoms with E-state index in [1.165, 1.54) is 12.8 Å². The maximum absolute atomic E-state index is 13.2. The Morgan fingerprint density at radius 1 is 0.730 bits per heavy atom. The van der Waals surface area contributed by atoms with Crippen LogP contribution in [0.2, 0.25) is 0 Å². The van der Waals surface area contributed by atoms with Gasteiger partial charge in [-0.25, -0.2) is 0 Å². The van der Waals surface area contributed by atoms with Crippen LogP contribution in [0.1, 0.15) is 73.5 Å². The summed E-state index contributed by atoms with van der Waals surface area (Å²) in [4.78, 5) is 13.2. The van der Waals surface area contributed by atoms with Gasteiger partial charge >= 0.3 is 0 Å². The molecule has 37 heavy (non-hydrogen) atoms. The summed E-state index contributed by atoms with van der Waals surface area (Å²) in [7, 11) is 0. The number of hydrogen-bond acceptors (Lipinski definition) is 2. The van der Waals surface area contributed by atoms with E-state index in [-0.39, 0.29) is 5.78 Å². The van der Waals surface area contributed by atoms with Crippen LogP contribution in [0.15, 0.2) is 91.0 Å². The van der Waals surface area contributed by atoms with Crippen molar-refractivity contribution in [2.24, 2.45) is 11.3 Å². The highest BCUT2D eigenvalue weighted by atomic mass is 16.5. The largest absolute Gasteiger partial charge is 0.490 e. The molecule has 0 saturated heterocycles. The zero-order valence-electron chi connectivity index (χ0n) is 22.1. The Morgan fingerprint density at radius 2 is 1.38 bits per heavy atom. The number of hydrogen-bond donors (Lipinski definition) is 0. The summed E-state index contributed by atoms with van der Waals surface area (Å²) in [5, 5.41) is 2.05. The average molecular weight is 489 g/mol. The van der Waals surface area contributed by atoms with E-state index < -0.39 is 0 Å². The van der Waals surface area contributed by atoms with Crippen molar-refractivity contribution in [1.29, 1.82) is 0 Å². The Labute approximate surface area is 221 Å². The molecule has 0 N–H and O–H groups in total. The van der Waals surface area contributed by atoms with E-state index in [0.29, 0.717) is 17.1 Å². The van der Waals surface area contributed by atoms with Gasteiger partial charge in [0.1, 0.15) is 5.75 Å². The van der Waals surface area contributed by atoms with E-state index in [9.17, 15) is 4.79 Å². The van der Waals surface area contributed by atoms with Crippen LogP contribution in [0.25, 0.3) is 22.9 Å². The summed E-state index contributed by atoms with van der Waals surface area (Å²) >= 11 is 0. The van der Waals surface area contributed by atoms with Crippen molar-refractivity contribution in [2.75, 3.05) is 0 Å². The molecule has 0 heterocycles. The molecule has 188 valence electrons. The van der Waals surface area contributed by atoms with Crippen LogP contribution in [0.5, 0.6) is 5.75 Å². The van der Waals surface area contributed by atoms with Gasteiger partial charge in [-0.3, -0.25) is 4.79 Å². The fraction of sp³-hybridized carbons (Fsp3) is 0.286. The second kappa shape index (κ2) is 10.8. The van der Waals surface area contributed by atoms with E-state index in [1.807, 2.05) is 60.7 Å². The van der Waals surface area contributed by atoms with E-state index in [2.05, 4.69) is 63.3 Å². The van der Waals surface area contributed by atoms with Crippen molar-refractivity contribution < 1.29 is 9.53 Å². The molecular formula is C35H36O2. The minimum absolute atomic E-state index is 0.0508. The smallest absolute Gasteiger partial charge is 0.193 e. The van der Waals surface area contributed by atoms with Gasteiger partial charge in [0.2, 0.25) is 0 Å². The van der Waals surface area contributed by atoms with Crippen LogP contribution in [0, 0.1) is 11.3 Å². The SMILES string of the molecule is CC(C)(C)C1CCC(Oc2ccc(C=Cc3ccc(C(=O)c4ccccc4)c4ccccc34)cc2)CC1. The fourth-order valence-corrected chi connectivity index (χ4v) is 5.49. The minimum Gasteiger partial charge on any atom is -0.490 e. The van der Waals surface area contributed by atoms with Crippen molar-refractivity contribution in [3.05, 3.63) is 113 Å². The number of fused-ring (bicyclic) bond motifs is 1. The molecule has 1 aliphatic rings. The number of rotatable bonds is 6. The lowest BCUT2D eigenvalue weighted by Crippen LogP contribution is -2.30. The minimum atomic E-state index is 0.0508. The van der Waals surface area contributed by atoms with Gasteiger partial charge in [-0.05, 0) is 77.1 Å². The summed E-state index contributed by atoms with van der Waals surface area (Å²) in [6.07, 6.45) is 9.35. The molecule has 1 aliphatic carbocycles. The third-order valence-electron chi connectivity index (χ3n) is 7.78. The molecule has 0 radical (unpaired) electrons. The predicted molar refractivity (Wildman–Crippen MR) is 155 cm³/mol. The number of benzene rings is 4. The van der Waals surface area contributed by atoms with Gasteiger partial charge in [0, 0.05) is 11.1 Å². The monoisotopic (exact) mass is 488 g/mol. The summed E-state index contributed by atoms with van der Waals surface area (Å²) < 4.78 is 6.31. The van der Waals surface area contributed by atoms with Gasteiger partial charge in [0.05, 0.1) is 6.10 Å². The molecule has 0 spiro atoms. The van der Waals surface area contributed by atoms with Gasteiger partial charge in [0.25, 0.3) is 0 Å². The fourth-order valence-electron chi connectivity index (χ4n) is 5.49. The second-order valence-electron chi connectivity index (χ2n) is 11.3. The highest BCUT2D eigenvalue weighted by molar-refractivity contribution is 6.17. The number of ether oxygens (including phenoxy) is 1. The third kappa shape index (κ3) is 5.85. The van der Waals surface area contributed by atoms with Gasteiger partial charge in [-0.15, -0.1) is 0 Å². The van der Waals surface area contributed by atoms with Crippen LogP contribution in [0.3, 0.4) is 0 Å². The normalized spacial score (nSPS) is 18.2. The molecule has 5 rings (SSSR count). The Bertz CT molecular complexity index is 1380. The predicted octanol–water partition coefficient (Wildman–Crippen LogP) is 9.22. The number of carbonyl (C=O) groups is 1. The zero-order chi connectivity index (χ0) is 25.8. The quantitative estimate of drug-likeness (QED) is 0.200. The molecule has 0 aliphatic heterocycles. The van der Waals surface area contributed by atoms with Crippen molar-refractivity contribution in [3.63, 3.8) is 0 Å². The molecule has 0 bridgehead atoms. The topological polar surface area (TPSA) is 26.3 Å². The van der Waals surface area contributed by atoms with Crippen molar-refractivity contribution in [3.8, 4) is 5.75 Å². The lowest BCUT2D eigenvalue weighted by Gasteiger charge is -2.36. The van der Waals surface area contributed by atoms with Gasteiger partial charge < -0.3 is 4.74 Å². The highest BCUT2D eigenvalue weighted by Gasteiger charge is 2.30. The molecule has 0 amide bonds. The summed E-state index contributed by atoms with van der Waals surface area (Å²) in [5.74, 6) is 1.79. The molecule has 2 heteroatoms. The van der Waals surface area contributed by atoms with Crippen molar-refractivity contribution in [2.45, 2.75) is 52.6 Å². The lowest BCUT2D eigenvalue weighted by molar-refractivity contribution is 0.0882. The molecule has 4 aromatic rings. The van der Waals surface area contributed by atoms with Gasteiger partial charge in [-0.2, -0.15) is 0 Å². The second-order valence-corrected chi connectivity index (χ2v) is 11.3. The van der Waals surface area contributed by atoms with Crippen LogP contribution in [-0.4, -0.2) is 11.9 Å². The standard InChI is InChI=1S/C35H36O2/c1-35(2,3)28-18-22-30(23-19-28)37-29-20-14-25(15-21-29)13-16-26-17-24-33(32-12-8-7-11-31(26)32)34(36)27-9-5-4-6-10-27/h4-17,20-21,24,28,30H,18-19,22-23H2,1-3H3. The van der Waals surface area contributed by atoms with Gasteiger partial charge in [-0.1, -0.05) is 106 Å². The van der Waals surface area contributed by atoms with Crippen LogP contribution >= 0.6 is 0 Å². The van der Waals surface area contributed by atoms with Crippen molar-refractivity contribution >= 4 is 28.7 Å².